The number of aliphatic carboxylic acids is 1. The molecule has 0 aliphatic rings. The van der Waals surface area contributed by atoms with Gasteiger partial charge < -0.3 is 10.4 Å². The summed E-state index contributed by atoms with van der Waals surface area (Å²) in [6.07, 6.45) is 0.384. The van der Waals surface area contributed by atoms with Crippen LogP contribution in [0.3, 0.4) is 0 Å². The maximum absolute atomic E-state index is 13.5. The molecule has 1 heterocycles. The van der Waals surface area contributed by atoms with Gasteiger partial charge in [0.2, 0.25) is 0 Å². The van der Waals surface area contributed by atoms with Crippen LogP contribution in [0.1, 0.15) is 12.1 Å². The van der Waals surface area contributed by atoms with Crippen molar-refractivity contribution in [1.82, 2.24) is 4.98 Å². The molecule has 1 aromatic carbocycles. The summed E-state index contributed by atoms with van der Waals surface area (Å²) in [7, 11) is 0. The third-order valence-corrected chi connectivity index (χ3v) is 3.36. The van der Waals surface area contributed by atoms with E-state index in [-0.39, 0.29) is 12.1 Å². The number of nitrogens with one attached hydrogen (secondary N) is 1. The van der Waals surface area contributed by atoms with E-state index in [2.05, 4.69) is 10.3 Å². The smallest absolute Gasteiger partial charge is 0.303 e. The summed E-state index contributed by atoms with van der Waals surface area (Å²) in [5.74, 6) is -1.33. The molecule has 4 nitrogen and oxygen atoms in total. The zero-order chi connectivity index (χ0) is 13.8. The number of hydrogen-bond acceptors (Lipinski definition) is 4. The lowest BCUT2D eigenvalue weighted by Gasteiger charge is -2.03. The van der Waals surface area contributed by atoms with E-state index in [1.165, 1.54) is 23.5 Å². The van der Waals surface area contributed by atoms with Gasteiger partial charge in [0.25, 0.3) is 0 Å². The van der Waals surface area contributed by atoms with Crippen molar-refractivity contribution >= 4 is 39.7 Å². The summed E-state index contributed by atoms with van der Waals surface area (Å²) >= 11 is 6.95. The average Bonchev–Trinajstić information content (AvgIpc) is 2.78. The van der Waals surface area contributed by atoms with Crippen LogP contribution in [0.2, 0.25) is 5.02 Å². The Morgan fingerprint density at radius 3 is 3.00 bits per heavy atom. The summed E-state index contributed by atoms with van der Waals surface area (Å²) in [6, 6.07) is 4.31. The number of nitrogens with zero attached hydrogens (tertiary/aromatic N) is 1. The van der Waals surface area contributed by atoms with Gasteiger partial charge in [-0.25, -0.2) is 9.37 Å². The van der Waals surface area contributed by atoms with Crippen molar-refractivity contribution in [3.8, 4) is 0 Å². The SMILES string of the molecule is O=C(O)CCc1csc(Nc2ccc(Cl)cc2F)n1. The second kappa shape index (κ2) is 5.99. The van der Waals surface area contributed by atoms with Gasteiger partial charge in [0.1, 0.15) is 5.82 Å². The lowest BCUT2D eigenvalue weighted by molar-refractivity contribution is -0.136. The van der Waals surface area contributed by atoms with Crippen molar-refractivity contribution in [3.05, 3.63) is 40.1 Å². The predicted octanol–water partition coefficient (Wildman–Crippen LogP) is 3.70. The maximum atomic E-state index is 13.5. The molecule has 0 spiro atoms. The Hall–Kier alpha value is -1.66. The monoisotopic (exact) mass is 300 g/mol. The quantitative estimate of drug-likeness (QED) is 0.884. The molecule has 1 aromatic heterocycles. The summed E-state index contributed by atoms with van der Waals surface area (Å²) < 4.78 is 13.5. The van der Waals surface area contributed by atoms with Crippen LogP contribution in [-0.2, 0) is 11.2 Å². The minimum Gasteiger partial charge on any atom is -0.481 e. The fourth-order valence-corrected chi connectivity index (χ4v) is 2.34. The van der Waals surface area contributed by atoms with Crippen LogP contribution < -0.4 is 5.32 Å². The minimum absolute atomic E-state index is 0.0263. The highest BCUT2D eigenvalue weighted by molar-refractivity contribution is 7.13. The highest BCUT2D eigenvalue weighted by atomic mass is 35.5. The number of aryl methyl sites for hydroxylation is 1. The van der Waals surface area contributed by atoms with Crippen molar-refractivity contribution in [3.63, 3.8) is 0 Å². The van der Waals surface area contributed by atoms with Crippen LogP contribution in [0.15, 0.2) is 23.6 Å². The average molecular weight is 301 g/mol. The Balaban J connectivity index is 2.05. The number of aromatic nitrogens is 1. The van der Waals surface area contributed by atoms with E-state index >= 15 is 0 Å². The molecule has 2 rings (SSSR count). The maximum Gasteiger partial charge on any atom is 0.303 e. The van der Waals surface area contributed by atoms with Crippen LogP contribution in [-0.4, -0.2) is 16.1 Å². The highest BCUT2D eigenvalue weighted by Crippen LogP contribution is 2.25. The molecule has 0 saturated heterocycles. The summed E-state index contributed by atoms with van der Waals surface area (Å²) in [5.41, 5.74) is 0.952. The molecule has 0 radical (unpaired) electrons. The molecule has 0 saturated carbocycles. The van der Waals surface area contributed by atoms with E-state index in [1.54, 1.807) is 11.4 Å². The zero-order valence-corrected chi connectivity index (χ0v) is 11.3. The summed E-state index contributed by atoms with van der Waals surface area (Å²) in [5, 5.41) is 14.0. The van der Waals surface area contributed by atoms with Gasteiger partial charge in [-0.05, 0) is 18.2 Å². The molecule has 0 amide bonds. The molecule has 0 atom stereocenters. The Morgan fingerprint density at radius 1 is 1.53 bits per heavy atom. The summed E-state index contributed by atoms with van der Waals surface area (Å²) in [4.78, 5) is 14.6. The molecule has 0 aliphatic carbocycles. The molecule has 0 aliphatic heterocycles. The molecule has 2 aromatic rings. The second-order valence-corrected chi connectivity index (χ2v) is 5.08. The number of anilines is 2. The topological polar surface area (TPSA) is 62.2 Å². The van der Waals surface area contributed by atoms with Gasteiger partial charge in [-0.1, -0.05) is 11.6 Å². The highest BCUT2D eigenvalue weighted by Gasteiger charge is 2.07. The van der Waals surface area contributed by atoms with E-state index in [0.717, 1.165) is 0 Å². The largest absolute Gasteiger partial charge is 0.481 e. The molecule has 19 heavy (non-hydrogen) atoms. The number of carboxylic acids is 1. The Kier molecular flexibility index (Phi) is 4.34. The molecular weight excluding hydrogens is 291 g/mol. The molecule has 0 unspecified atom stereocenters. The van der Waals surface area contributed by atoms with Gasteiger partial charge in [0.15, 0.2) is 5.13 Å². The van der Waals surface area contributed by atoms with E-state index < -0.39 is 11.8 Å². The second-order valence-electron chi connectivity index (χ2n) is 3.79. The van der Waals surface area contributed by atoms with Crippen LogP contribution in [0.25, 0.3) is 0 Å². The lowest BCUT2D eigenvalue weighted by Crippen LogP contribution is -1.98. The van der Waals surface area contributed by atoms with Crippen LogP contribution in [0.4, 0.5) is 15.2 Å². The minimum atomic E-state index is -0.869. The molecule has 0 fully saturated rings. The molecular formula is C12H10ClFN2O2S. The number of thiazole rings is 1. The van der Waals surface area contributed by atoms with Crippen LogP contribution in [0, 0.1) is 5.82 Å². The third-order valence-electron chi connectivity index (χ3n) is 2.32. The first-order valence-corrected chi connectivity index (χ1v) is 6.68. The van der Waals surface area contributed by atoms with Crippen molar-refractivity contribution in [1.29, 1.82) is 0 Å². The molecule has 7 heteroatoms. The first-order chi connectivity index (χ1) is 9.04. The fraction of sp³-hybridized carbons (Fsp3) is 0.167. The van der Waals surface area contributed by atoms with E-state index in [4.69, 9.17) is 16.7 Å². The number of carbonyl (C=O) groups is 1. The molecule has 0 bridgehead atoms. The number of benzene rings is 1. The van der Waals surface area contributed by atoms with Crippen LogP contribution in [0.5, 0.6) is 0 Å². The third kappa shape index (κ3) is 3.90. The van der Waals surface area contributed by atoms with Gasteiger partial charge in [0, 0.05) is 16.8 Å². The normalized spacial score (nSPS) is 10.4. The Bertz CT molecular complexity index is 603. The van der Waals surface area contributed by atoms with Crippen molar-refractivity contribution in [2.75, 3.05) is 5.32 Å². The van der Waals surface area contributed by atoms with Gasteiger partial charge >= 0.3 is 5.97 Å². The fourth-order valence-electron chi connectivity index (χ4n) is 1.42. The van der Waals surface area contributed by atoms with Crippen LogP contribution >= 0.6 is 22.9 Å². The van der Waals surface area contributed by atoms with Crippen molar-refractivity contribution in [2.24, 2.45) is 0 Å². The van der Waals surface area contributed by atoms with Gasteiger partial charge in [-0.15, -0.1) is 11.3 Å². The van der Waals surface area contributed by atoms with E-state index in [1.807, 2.05) is 0 Å². The standard InChI is InChI=1S/C12H10ClFN2O2S/c13-7-1-3-10(9(14)5-7)16-12-15-8(6-19-12)2-4-11(17)18/h1,3,5-6H,2,4H2,(H,15,16)(H,17,18). The first-order valence-electron chi connectivity index (χ1n) is 5.43. The zero-order valence-electron chi connectivity index (χ0n) is 9.69. The van der Waals surface area contributed by atoms with Crippen molar-refractivity contribution < 1.29 is 14.3 Å². The Labute approximate surface area is 117 Å². The number of hydrogen-bond donors (Lipinski definition) is 2. The Morgan fingerprint density at radius 2 is 2.32 bits per heavy atom. The molecule has 100 valence electrons. The molecule has 2 N–H and O–H groups in total. The van der Waals surface area contributed by atoms with Crippen molar-refractivity contribution in [2.45, 2.75) is 12.8 Å². The summed E-state index contributed by atoms with van der Waals surface area (Å²) in [6.45, 7) is 0. The van der Waals surface area contributed by atoms with Gasteiger partial charge in [-0.3, -0.25) is 4.79 Å². The number of carboxylic acid groups (broad SMARTS) is 1. The lowest BCUT2D eigenvalue weighted by atomic mass is 10.2. The van der Waals surface area contributed by atoms with E-state index in [0.29, 0.717) is 22.3 Å². The number of halogens is 2. The van der Waals surface area contributed by atoms with Gasteiger partial charge in [-0.2, -0.15) is 0 Å². The first kappa shape index (κ1) is 13.8. The number of rotatable bonds is 5. The predicted molar refractivity (Wildman–Crippen MR) is 72.8 cm³/mol. The van der Waals surface area contributed by atoms with E-state index in [9.17, 15) is 9.18 Å². The van der Waals surface area contributed by atoms with Gasteiger partial charge in [0.05, 0.1) is 17.8 Å².